The minimum absolute atomic E-state index is 0.0622. The monoisotopic (exact) mass is 391 g/mol. The lowest BCUT2D eigenvalue weighted by molar-refractivity contribution is -0.148. The van der Waals surface area contributed by atoms with Gasteiger partial charge in [0, 0.05) is 35.3 Å². The van der Waals surface area contributed by atoms with Crippen LogP contribution < -0.4 is 10.1 Å². The predicted molar refractivity (Wildman–Crippen MR) is 100 cm³/mol. The first kappa shape index (κ1) is 18.0. The maximum atomic E-state index is 13.2. The van der Waals surface area contributed by atoms with Crippen molar-refractivity contribution < 1.29 is 18.3 Å². The number of alkyl halides is 2. The second-order valence-corrected chi connectivity index (χ2v) is 8.00. The highest BCUT2D eigenvalue weighted by Crippen LogP contribution is 2.40. The molecule has 1 fully saturated rings. The number of carbonyl (C=O) groups is 1. The van der Waals surface area contributed by atoms with Crippen LogP contribution in [0.2, 0.25) is 0 Å². The zero-order chi connectivity index (χ0) is 19.0. The second-order valence-electron chi connectivity index (χ2n) is 6.62. The van der Waals surface area contributed by atoms with Gasteiger partial charge in [-0.3, -0.25) is 9.78 Å². The van der Waals surface area contributed by atoms with Gasteiger partial charge in [-0.25, -0.2) is 0 Å². The number of benzene rings is 1. The molecule has 0 spiro atoms. The largest absolute Gasteiger partial charge is 0.490 e. The first-order valence-corrected chi connectivity index (χ1v) is 9.63. The molecule has 1 saturated heterocycles. The molecule has 27 heavy (non-hydrogen) atoms. The van der Waals surface area contributed by atoms with E-state index in [-0.39, 0.29) is 19.7 Å². The third-order valence-electron chi connectivity index (χ3n) is 4.62. The first-order chi connectivity index (χ1) is 12.9. The van der Waals surface area contributed by atoms with Gasteiger partial charge in [0.1, 0.15) is 12.4 Å². The van der Waals surface area contributed by atoms with Crippen LogP contribution in [0.5, 0.6) is 5.75 Å². The summed E-state index contributed by atoms with van der Waals surface area (Å²) in [6.45, 7) is 2.46. The minimum atomic E-state index is -3.24. The summed E-state index contributed by atoms with van der Waals surface area (Å²) < 4.78 is 32.1. The Morgan fingerprint density at radius 1 is 1.33 bits per heavy atom. The standard InChI is InChI=1S/C19H19F2N3O2S/c1-12-23-16-3-2-13(9-17(16)27-12)14-8-15(11-22-10-14)26-7-6-24-5-4-19(20,21)18(24)25/h2-3,8-12,23H,4-7H2,1H3. The Labute approximate surface area is 160 Å². The number of carbonyl (C=O) groups excluding carboxylic acids is 1. The van der Waals surface area contributed by atoms with E-state index in [1.165, 1.54) is 4.90 Å². The van der Waals surface area contributed by atoms with Crippen molar-refractivity contribution in [2.75, 3.05) is 25.0 Å². The van der Waals surface area contributed by atoms with E-state index in [4.69, 9.17) is 4.74 Å². The van der Waals surface area contributed by atoms with E-state index < -0.39 is 18.3 Å². The van der Waals surface area contributed by atoms with E-state index in [9.17, 15) is 13.6 Å². The van der Waals surface area contributed by atoms with Crippen molar-refractivity contribution in [3.05, 3.63) is 36.7 Å². The maximum absolute atomic E-state index is 13.2. The molecule has 2 aliphatic rings. The van der Waals surface area contributed by atoms with Gasteiger partial charge in [-0.2, -0.15) is 8.78 Å². The molecule has 0 aliphatic carbocycles. The number of hydrogen-bond acceptors (Lipinski definition) is 5. The number of rotatable bonds is 5. The van der Waals surface area contributed by atoms with Crippen molar-refractivity contribution in [3.63, 3.8) is 0 Å². The van der Waals surface area contributed by atoms with Gasteiger partial charge in [0.25, 0.3) is 5.91 Å². The second kappa shape index (κ2) is 6.99. The van der Waals surface area contributed by atoms with E-state index >= 15 is 0 Å². The number of nitrogens with one attached hydrogen (secondary N) is 1. The number of anilines is 1. The number of hydrogen-bond donors (Lipinski definition) is 1. The summed E-state index contributed by atoms with van der Waals surface area (Å²) in [4.78, 5) is 18.1. The van der Waals surface area contributed by atoms with Gasteiger partial charge in [-0.05, 0) is 30.7 Å². The fraction of sp³-hybridized carbons (Fsp3) is 0.368. The van der Waals surface area contributed by atoms with Gasteiger partial charge in [-0.15, -0.1) is 0 Å². The molecule has 1 amide bonds. The minimum Gasteiger partial charge on any atom is -0.490 e. The van der Waals surface area contributed by atoms with Gasteiger partial charge in [0.2, 0.25) is 0 Å². The van der Waals surface area contributed by atoms with Crippen molar-refractivity contribution in [1.82, 2.24) is 9.88 Å². The number of likely N-dealkylation sites (tertiary alicyclic amines) is 1. The van der Waals surface area contributed by atoms with Crippen LogP contribution in [0.4, 0.5) is 14.5 Å². The summed E-state index contributed by atoms with van der Waals surface area (Å²) >= 11 is 1.77. The highest BCUT2D eigenvalue weighted by Gasteiger charge is 2.47. The molecule has 1 unspecified atom stereocenters. The summed E-state index contributed by atoms with van der Waals surface area (Å²) in [6.07, 6.45) is 2.91. The normalized spacial score (nSPS) is 20.5. The SMILES string of the molecule is CC1Nc2ccc(-c3cncc(OCCN4CCC(F)(F)C4=O)c3)cc2S1. The van der Waals surface area contributed by atoms with Crippen LogP contribution in [0.25, 0.3) is 11.1 Å². The predicted octanol–water partition coefficient (Wildman–Crippen LogP) is 3.86. The molecule has 5 nitrogen and oxygen atoms in total. The molecule has 0 radical (unpaired) electrons. The Kier molecular flexibility index (Phi) is 4.67. The Hall–Kier alpha value is -2.35. The molecule has 0 bridgehead atoms. The van der Waals surface area contributed by atoms with Gasteiger partial charge in [-0.1, -0.05) is 17.8 Å². The van der Waals surface area contributed by atoms with Crippen molar-refractivity contribution in [1.29, 1.82) is 0 Å². The van der Waals surface area contributed by atoms with E-state index in [1.807, 2.05) is 18.2 Å². The Bertz CT molecular complexity index is 878. The average molecular weight is 391 g/mol. The summed E-state index contributed by atoms with van der Waals surface area (Å²) in [6, 6.07) is 8.05. The van der Waals surface area contributed by atoms with Crippen LogP contribution in [-0.4, -0.2) is 46.8 Å². The zero-order valence-electron chi connectivity index (χ0n) is 14.7. The molecular weight excluding hydrogens is 372 g/mol. The maximum Gasteiger partial charge on any atom is 0.326 e. The summed E-state index contributed by atoms with van der Waals surface area (Å²) in [5.41, 5.74) is 3.08. The Morgan fingerprint density at radius 2 is 2.19 bits per heavy atom. The summed E-state index contributed by atoms with van der Waals surface area (Å²) in [7, 11) is 0. The third kappa shape index (κ3) is 3.71. The van der Waals surface area contributed by atoms with Crippen LogP contribution >= 0.6 is 11.8 Å². The topological polar surface area (TPSA) is 54.5 Å². The number of halogens is 2. The molecule has 2 aliphatic heterocycles. The molecule has 0 saturated carbocycles. The van der Waals surface area contributed by atoms with Crippen molar-refractivity contribution in [2.45, 2.75) is 29.5 Å². The number of fused-ring (bicyclic) bond motifs is 1. The number of ether oxygens (including phenoxy) is 1. The molecule has 1 aromatic carbocycles. The lowest BCUT2D eigenvalue weighted by Gasteiger charge is -2.16. The van der Waals surface area contributed by atoms with Crippen LogP contribution in [0.1, 0.15) is 13.3 Å². The fourth-order valence-electron chi connectivity index (χ4n) is 3.22. The molecule has 1 N–H and O–H groups in total. The molecule has 1 atom stereocenters. The Balaban J connectivity index is 1.40. The number of nitrogens with zero attached hydrogens (tertiary/aromatic N) is 2. The number of pyridine rings is 1. The van der Waals surface area contributed by atoms with Crippen molar-refractivity contribution in [3.8, 4) is 16.9 Å². The molecule has 142 valence electrons. The van der Waals surface area contributed by atoms with Crippen LogP contribution in [-0.2, 0) is 4.79 Å². The van der Waals surface area contributed by atoms with E-state index in [0.29, 0.717) is 11.1 Å². The van der Waals surface area contributed by atoms with Crippen LogP contribution in [0.15, 0.2) is 41.6 Å². The van der Waals surface area contributed by atoms with Gasteiger partial charge >= 0.3 is 5.92 Å². The highest BCUT2D eigenvalue weighted by atomic mass is 32.2. The molecule has 2 aromatic rings. The van der Waals surface area contributed by atoms with Crippen LogP contribution in [0.3, 0.4) is 0 Å². The molecule has 8 heteroatoms. The van der Waals surface area contributed by atoms with E-state index in [0.717, 1.165) is 21.7 Å². The summed E-state index contributed by atoms with van der Waals surface area (Å²) in [5.74, 6) is -3.80. The fourth-order valence-corrected chi connectivity index (χ4v) is 4.23. The first-order valence-electron chi connectivity index (χ1n) is 8.75. The highest BCUT2D eigenvalue weighted by molar-refractivity contribution is 8.00. The van der Waals surface area contributed by atoms with Crippen molar-refractivity contribution in [2.24, 2.45) is 0 Å². The van der Waals surface area contributed by atoms with Crippen molar-refractivity contribution >= 4 is 23.4 Å². The lowest BCUT2D eigenvalue weighted by Crippen LogP contribution is -2.35. The van der Waals surface area contributed by atoms with Crippen LogP contribution in [0, 0.1) is 0 Å². The smallest absolute Gasteiger partial charge is 0.326 e. The molecule has 3 heterocycles. The van der Waals surface area contributed by atoms with Gasteiger partial charge in [0.05, 0.1) is 18.1 Å². The third-order valence-corrected chi connectivity index (χ3v) is 5.68. The number of thioether (sulfide) groups is 1. The Morgan fingerprint density at radius 3 is 2.96 bits per heavy atom. The lowest BCUT2D eigenvalue weighted by atomic mass is 10.1. The van der Waals surface area contributed by atoms with Gasteiger partial charge in [0.15, 0.2) is 0 Å². The molecular formula is C19H19F2N3O2S. The number of aromatic nitrogens is 1. The summed E-state index contributed by atoms with van der Waals surface area (Å²) in [5, 5.41) is 3.74. The van der Waals surface area contributed by atoms with E-state index in [2.05, 4.69) is 23.3 Å². The van der Waals surface area contributed by atoms with Gasteiger partial charge < -0.3 is 15.0 Å². The molecule has 1 aromatic heterocycles. The zero-order valence-corrected chi connectivity index (χ0v) is 15.6. The average Bonchev–Trinajstić information content (AvgIpc) is 3.14. The molecule has 4 rings (SSSR count). The quantitative estimate of drug-likeness (QED) is 0.839. The number of amides is 1. The van der Waals surface area contributed by atoms with E-state index in [1.54, 1.807) is 24.2 Å².